The van der Waals surface area contributed by atoms with Gasteiger partial charge in [-0.25, -0.2) is 9.37 Å². The summed E-state index contributed by atoms with van der Waals surface area (Å²) in [6.45, 7) is 0. The van der Waals surface area contributed by atoms with Gasteiger partial charge in [-0.1, -0.05) is 6.07 Å². The monoisotopic (exact) mass is 318 g/mol. The minimum atomic E-state index is -1.19. The van der Waals surface area contributed by atoms with Crippen molar-refractivity contribution >= 4 is 16.4 Å². The van der Waals surface area contributed by atoms with Gasteiger partial charge in [0.05, 0.1) is 24.3 Å². The Kier molecular flexibility index (Phi) is 4.20. The second-order valence-electron chi connectivity index (χ2n) is 4.88. The number of imidazole rings is 1. The lowest BCUT2D eigenvalue weighted by atomic mass is 10.2. The summed E-state index contributed by atoms with van der Waals surface area (Å²) >= 11 is 0. The van der Waals surface area contributed by atoms with Gasteiger partial charge in [0.25, 0.3) is 0 Å². The van der Waals surface area contributed by atoms with Crippen LogP contribution in [0.15, 0.2) is 48.8 Å². The van der Waals surface area contributed by atoms with Crippen molar-refractivity contribution in [2.24, 2.45) is 0 Å². The van der Waals surface area contributed by atoms with Gasteiger partial charge in [0.2, 0.25) is 0 Å². The van der Waals surface area contributed by atoms with Gasteiger partial charge in [-0.15, -0.1) is 0 Å². The normalized spacial score (nSPS) is 12.5. The van der Waals surface area contributed by atoms with Crippen LogP contribution in [0.2, 0.25) is 0 Å². The SMILES string of the molecule is COc1ccc(F)cc1CS(=O)Cc1cn2ccccc2n1. The molecule has 0 fully saturated rings. The van der Waals surface area contributed by atoms with Gasteiger partial charge in [-0.2, -0.15) is 0 Å². The zero-order valence-electron chi connectivity index (χ0n) is 12.0. The summed E-state index contributed by atoms with van der Waals surface area (Å²) in [6.07, 6.45) is 3.75. The van der Waals surface area contributed by atoms with Crippen LogP contribution in [0.25, 0.3) is 5.65 Å². The third kappa shape index (κ3) is 3.17. The molecule has 2 aromatic heterocycles. The van der Waals surface area contributed by atoms with E-state index >= 15 is 0 Å². The first-order valence-corrected chi connectivity index (χ1v) is 8.24. The number of benzene rings is 1. The first kappa shape index (κ1) is 14.7. The van der Waals surface area contributed by atoms with Crippen LogP contribution in [0.3, 0.4) is 0 Å². The number of aromatic nitrogens is 2. The van der Waals surface area contributed by atoms with Crippen molar-refractivity contribution in [2.45, 2.75) is 11.5 Å². The fourth-order valence-electron chi connectivity index (χ4n) is 2.31. The molecule has 0 amide bonds. The molecule has 0 spiro atoms. The minimum Gasteiger partial charge on any atom is -0.496 e. The van der Waals surface area contributed by atoms with E-state index in [0.29, 0.717) is 17.1 Å². The van der Waals surface area contributed by atoms with Crippen LogP contribution in [-0.4, -0.2) is 20.7 Å². The highest BCUT2D eigenvalue weighted by Crippen LogP contribution is 2.21. The lowest BCUT2D eigenvalue weighted by Gasteiger charge is -2.07. The predicted octanol–water partition coefficient (Wildman–Crippen LogP) is 2.93. The van der Waals surface area contributed by atoms with Crippen LogP contribution in [0.5, 0.6) is 5.75 Å². The van der Waals surface area contributed by atoms with Crippen LogP contribution >= 0.6 is 0 Å². The van der Waals surface area contributed by atoms with Crippen molar-refractivity contribution < 1.29 is 13.3 Å². The van der Waals surface area contributed by atoms with Gasteiger partial charge in [-0.3, -0.25) is 4.21 Å². The molecule has 0 saturated carbocycles. The van der Waals surface area contributed by atoms with E-state index in [0.717, 1.165) is 11.3 Å². The summed E-state index contributed by atoms with van der Waals surface area (Å²) in [5.41, 5.74) is 2.17. The molecule has 1 atom stereocenters. The average Bonchev–Trinajstić information content (AvgIpc) is 2.89. The molecule has 0 aliphatic rings. The number of rotatable bonds is 5. The number of pyridine rings is 1. The molecule has 3 aromatic rings. The predicted molar refractivity (Wildman–Crippen MR) is 83.7 cm³/mol. The van der Waals surface area contributed by atoms with Crippen molar-refractivity contribution in [1.29, 1.82) is 0 Å². The van der Waals surface area contributed by atoms with Gasteiger partial charge >= 0.3 is 0 Å². The fraction of sp³-hybridized carbons (Fsp3) is 0.188. The maximum absolute atomic E-state index is 13.3. The van der Waals surface area contributed by atoms with Crippen molar-refractivity contribution in [3.63, 3.8) is 0 Å². The summed E-state index contributed by atoms with van der Waals surface area (Å²) in [7, 11) is 0.324. The number of methoxy groups -OCH3 is 1. The van der Waals surface area contributed by atoms with Gasteiger partial charge < -0.3 is 9.14 Å². The number of nitrogens with zero attached hydrogens (tertiary/aromatic N) is 2. The molecule has 0 aliphatic carbocycles. The van der Waals surface area contributed by atoms with E-state index in [-0.39, 0.29) is 11.6 Å². The number of hydrogen-bond acceptors (Lipinski definition) is 3. The zero-order chi connectivity index (χ0) is 15.5. The topological polar surface area (TPSA) is 43.6 Å². The lowest BCUT2D eigenvalue weighted by molar-refractivity contribution is 0.410. The summed E-state index contributed by atoms with van der Waals surface area (Å²) in [4.78, 5) is 4.42. The number of ether oxygens (including phenoxy) is 1. The van der Waals surface area contributed by atoms with Gasteiger partial charge in [0.1, 0.15) is 17.2 Å². The van der Waals surface area contributed by atoms with E-state index in [1.807, 2.05) is 35.0 Å². The van der Waals surface area contributed by atoms with Crippen LogP contribution in [-0.2, 0) is 22.3 Å². The Bertz CT molecular complexity index is 799. The van der Waals surface area contributed by atoms with Crippen molar-refractivity contribution in [1.82, 2.24) is 9.38 Å². The van der Waals surface area contributed by atoms with Crippen molar-refractivity contribution in [2.75, 3.05) is 7.11 Å². The Balaban J connectivity index is 1.76. The van der Waals surface area contributed by atoms with E-state index in [1.165, 1.54) is 19.2 Å². The summed E-state index contributed by atoms with van der Waals surface area (Å²) < 4.78 is 32.7. The minimum absolute atomic E-state index is 0.231. The lowest BCUT2D eigenvalue weighted by Crippen LogP contribution is -2.02. The Morgan fingerprint density at radius 1 is 1.27 bits per heavy atom. The molecule has 3 rings (SSSR count). The third-order valence-corrected chi connectivity index (χ3v) is 4.53. The molecule has 0 radical (unpaired) electrons. The molecular weight excluding hydrogens is 303 g/mol. The maximum atomic E-state index is 13.3. The first-order chi connectivity index (χ1) is 10.7. The van der Waals surface area contributed by atoms with Crippen molar-refractivity contribution in [3.8, 4) is 5.75 Å². The Morgan fingerprint density at radius 2 is 2.14 bits per heavy atom. The molecular formula is C16H15FN2O2S. The highest BCUT2D eigenvalue weighted by atomic mass is 32.2. The van der Waals surface area contributed by atoms with Gasteiger partial charge in [0, 0.05) is 28.8 Å². The fourth-order valence-corrected chi connectivity index (χ4v) is 3.45. The standard InChI is InChI=1S/C16H15FN2O2S/c1-21-15-6-5-13(17)8-12(15)10-22(20)11-14-9-19-7-3-2-4-16(19)18-14/h2-9H,10-11H2,1H3. The van der Waals surface area contributed by atoms with E-state index in [9.17, 15) is 8.60 Å². The highest BCUT2D eigenvalue weighted by Gasteiger charge is 2.11. The Morgan fingerprint density at radius 3 is 2.91 bits per heavy atom. The van der Waals surface area contributed by atoms with Gasteiger partial charge in [0.15, 0.2) is 0 Å². The summed E-state index contributed by atoms with van der Waals surface area (Å²) in [5.74, 6) is 0.737. The molecule has 114 valence electrons. The quantitative estimate of drug-likeness (QED) is 0.726. The zero-order valence-corrected chi connectivity index (χ0v) is 12.8. The number of halogens is 1. The van der Waals surface area contributed by atoms with Crippen LogP contribution in [0, 0.1) is 5.82 Å². The average molecular weight is 318 g/mol. The Labute approximate surface area is 130 Å². The molecule has 1 aromatic carbocycles. The van der Waals surface area contributed by atoms with Gasteiger partial charge in [-0.05, 0) is 30.3 Å². The van der Waals surface area contributed by atoms with Crippen molar-refractivity contribution in [3.05, 3.63) is 65.9 Å². The third-order valence-electron chi connectivity index (χ3n) is 3.28. The molecule has 1 unspecified atom stereocenters. The Hall–Kier alpha value is -2.21. The second-order valence-corrected chi connectivity index (χ2v) is 6.34. The van der Waals surface area contributed by atoms with E-state index in [1.54, 1.807) is 6.07 Å². The maximum Gasteiger partial charge on any atom is 0.137 e. The highest BCUT2D eigenvalue weighted by molar-refractivity contribution is 7.83. The summed E-state index contributed by atoms with van der Waals surface area (Å²) in [6, 6.07) is 9.94. The van der Waals surface area contributed by atoms with Crippen LogP contribution in [0.1, 0.15) is 11.3 Å². The molecule has 0 saturated heterocycles. The molecule has 0 N–H and O–H groups in total. The summed E-state index contributed by atoms with van der Waals surface area (Å²) in [5, 5.41) is 0. The molecule has 2 heterocycles. The molecule has 0 aliphatic heterocycles. The van der Waals surface area contributed by atoms with E-state index < -0.39 is 10.8 Å². The van der Waals surface area contributed by atoms with Crippen LogP contribution in [0.4, 0.5) is 4.39 Å². The van der Waals surface area contributed by atoms with Crippen LogP contribution < -0.4 is 4.74 Å². The number of fused-ring (bicyclic) bond motifs is 1. The number of hydrogen-bond donors (Lipinski definition) is 0. The smallest absolute Gasteiger partial charge is 0.137 e. The van der Waals surface area contributed by atoms with E-state index in [2.05, 4.69) is 4.98 Å². The molecule has 22 heavy (non-hydrogen) atoms. The second kappa shape index (κ2) is 6.27. The molecule has 4 nitrogen and oxygen atoms in total. The molecule has 0 bridgehead atoms. The first-order valence-electron chi connectivity index (χ1n) is 6.76. The van der Waals surface area contributed by atoms with E-state index in [4.69, 9.17) is 4.74 Å². The molecule has 6 heteroatoms. The largest absolute Gasteiger partial charge is 0.496 e.